The van der Waals surface area contributed by atoms with Gasteiger partial charge in [0, 0.05) is 26.0 Å². The van der Waals surface area contributed by atoms with Gasteiger partial charge in [-0.25, -0.2) is 0 Å². The Morgan fingerprint density at radius 2 is 1.39 bits per heavy atom. The minimum Gasteiger partial charge on any atom is -0.481 e. The molecular weight excluding hydrogens is 666 g/mol. The highest BCUT2D eigenvalue weighted by atomic mass is 16.4. The van der Waals surface area contributed by atoms with Crippen LogP contribution in [0, 0.1) is 5.92 Å². The molecule has 0 saturated heterocycles. The highest BCUT2D eigenvalue weighted by molar-refractivity contribution is 5.97. The third-order valence-electron chi connectivity index (χ3n) is 7.59. The number of hydrogen-bond donors (Lipinski definition) is 9. The number of fused-ring (bicyclic) bond motifs is 1. The van der Waals surface area contributed by atoms with E-state index in [0.29, 0.717) is 12.0 Å². The number of amides is 7. The predicted octanol–water partition coefficient (Wildman–Crippen LogP) is -1.65. The molecule has 4 unspecified atom stereocenters. The zero-order valence-electron chi connectivity index (χ0n) is 28.8. The van der Waals surface area contributed by atoms with E-state index in [2.05, 4.69) is 31.9 Å². The minimum atomic E-state index is -1.58. The van der Waals surface area contributed by atoms with Gasteiger partial charge in [0.05, 0.1) is 19.4 Å². The number of hydrogen-bond acceptors (Lipinski definition) is 9. The number of rotatable bonds is 21. The van der Waals surface area contributed by atoms with Gasteiger partial charge < -0.3 is 47.8 Å². The Balaban J connectivity index is 2.15. The molecule has 4 atom stereocenters. The third kappa shape index (κ3) is 14.8. The van der Waals surface area contributed by atoms with Crippen molar-refractivity contribution in [2.75, 3.05) is 19.7 Å². The van der Waals surface area contributed by atoms with Gasteiger partial charge >= 0.3 is 5.97 Å². The van der Waals surface area contributed by atoms with E-state index in [4.69, 9.17) is 15.9 Å². The highest BCUT2D eigenvalue weighted by Gasteiger charge is 2.31. The number of benzene rings is 2. The fourth-order valence-corrected chi connectivity index (χ4v) is 4.82. The van der Waals surface area contributed by atoms with Gasteiger partial charge in [-0.1, -0.05) is 56.3 Å². The summed E-state index contributed by atoms with van der Waals surface area (Å²) in [6.45, 7) is 4.36. The van der Waals surface area contributed by atoms with E-state index in [1.165, 1.54) is 6.92 Å². The fraction of sp³-hybridized carbons (Fsp3) is 0.471. The van der Waals surface area contributed by atoms with E-state index in [9.17, 15) is 38.4 Å². The summed E-state index contributed by atoms with van der Waals surface area (Å²) >= 11 is 0. The van der Waals surface area contributed by atoms with Gasteiger partial charge in [-0.2, -0.15) is 0 Å². The SMILES string of the molecule is CC(NC(=O)C(CC(N)=O)NC(=O)C(Cc1ccc2ccccc2c1)NC(=O)CCC(=O)O)C(=O)NC(C(=O)NCC(=O)NCCCO)C(C)C. The summed E-state index contributed by atoms with van der Waals surface area (Å²) in [5.74, 6) is -7.10. The van der Waals surface area contributed by atoms with Gasteiger partial charge in [-0.05, 0) is 35.6 Å². The topological polar surface area (TPSA) is 275 Å². The second-order valence-electron chi connectivity index (χ2n) is 12.2. The fourth-order valence-electron chi connectivity index (χ4n) is 4.82. The van der Waals surface area contributed by atoms with Crippen molar-refractivity contribution >= 4 is 58.1 Å². The lowest BCUT2D eigenvalue weighted by atomic mass is 10.0. The molecule has 0 spiro atoms. The van der Waals surface area contributed by atoms with E-state index in [1.807, 2.05) is 36.4 Å². The summed E-state index contributed by atoms with van der Waals surface area (Å²) in [4.78, 5) is 100. The van der Waals surface area contributed by atoms with E-state index in [-0.39, 0.29) is 26.1 Å². The van der Waals surface area contributed by atoms with Crippen molar-refractivity contribution in [3.63, 3.8) is 0 Å². The number of carbonyl (C=O) groups is 8. The van der Waals surface area contributed by atoms with Crippen LogP contribution in [0.4, 0.5) is 0 Å². The van der Waals surface area contributed by atoms with Crippen molar-refractivity contribution in [2.45, 2.75) is 77.0 Å². The molecule has 0 aromatic heterocycles. The maximum Gasteiger partial charge on any atom is 0.303 e. The largest absolute Gasteiger partial charge is 0.481 e. The second kappa shape index (κ2) is 20.8. The van der Waals surface area contributed by atoms with Crippen LogP contribution in [0.1, 0.15) is 52.0 Å². The summed E-state index contributed by atoms with van der Waals surface area (Å²) in [7, 11) is 0. The molecule has 278 valence electrons. The van der Waals surface area contributed by atoms with E-state index < -0.39 is 96.7 Å². The van der Waals surface area contributed by atoms with Crippen LogP contribution in [0.5, 0.6) is 0 Å². The maximum absolute atomic E-state index is 13.5. The zero-order valence-corrected chi connectivity index (χ0v) is 28.8. The number of carboxylic acid groups (broad SMARTS) is 1. The molecule has 51 heavy (non-hydrogen) atoms. The molecule has 0 radical (unpaired) electrons. The Bertz CT molecular complexity index is 1580. The first-order valence-electron chi connectivity index (χ1n) is 16.4. The van der Waals surface area contributed by atoms with Crippen molar-refractivity contribution < 1.29 is 48.6 Å². The Morgan fingerprint density at radius 1 is 0.725 bits per heavy atom. The van der Waals surface area contributed by atoms with Gasteiger partial charge in [-0.15, -0.1) is 0 Å². The molecule has 2 aromatic carbocycles. The Hall–Kier alpha value is -5.58. The molecule has 0 heterocycles. The Morgan fingerprint density at radius 3 is 2.02 bits per heavy atom. The lowest BCUT2D eigenvalue weighted by Crippen LogP contribution is -2.59. The van der Waals surface area contributed by atoms with Crippen LogP contribution in [0.2, 0.25) is 0 Å². The number of carboxylic acids is 1. The van der Waals surface area contributed by atoms with Crippen molar-refractivity contribution in [1.29, 1.82) is 0 Å². The summed E-state index contributed by atoms with van der Waals surface area (Å²) in [5, 5.41) is 34.4. The van der Waals surface area contributed by atoms with Crippen LogP contribution in [0.25, 0.3) is 10.8 Å². The zero-order chi connectivity index (χ0) is 38.1. The van der Waals surface area contributed by atoms with Crippen LogP contribution >= 0.6 is 0 Å². The first-order chi connectivity index (χ1) is 24.1. The summed E-state index contributed by atoms with van der Waals surface area (Å²) in [6.07, 6.45) is -1.28. The molecular formula is C34H47N7O10. The van der Waals surface area contributed by atoms with Crippen molar-refractivity contribution in [3.8, 4) is 0 Å². The van der Waals surface area contributed by atoms with Gasteiger partial charge in [0.25, 0.3) is 0 Å². The van der Waals surface area contributed by atoms with Crippen LogP contribution in [0.3, 0.4) is 0 Å². The second-order valence-corrected chi connectivity index (χ2v) is 12.2. The number of nitrogens with two attached hydrogens (primary N) is 1. The predicted molar refractivity (Wildman–Crippen MR) is 184 cm³/mol. The maximum atomic E-state index is 13.5. The lowest BCUT2D eigenvalue weighted by Gasteiger charge is -2.26. The summed E-state index contributed by atoms with van der Waals surface area (Å²) < 4.78 is 0. The van der Waals surface area contributed by atoms with E-state index in [0.717, 1.165) is 10.8 Å². The molecule has 0 saturated carbocycles. The summed E-state index contributed by atoms with van der Waals surface area (Å²) in [6, 6.07) is 7.60. The quantitative estimate of drug-likeness (QED) is 0.0665. The van der Waals surface area contributed by atoms with Crippen LogP contribution in [0.15, 0.2) is 42.5 Å². The molecule has 2 rings (SSSR count). The molecule has 2 aromatic rings. The van der Waals surface area contributed by atoms with Gasteiger partial charge in [0.2, 0.25) is 41.4 Å². The number of nitrogens with one attached hydrogen (secondary N) is 6. The minimum absolute atomic E-state index is 0.0534. The van der Waals surface area contributed by atoms with E-state index in [1.54, 1.807) is 19.9 Å². The van der Waals surface area contributed by atoms with Crippen LogP contribution in [-0.4, -0.2) is 101 Å². The molecule has 10 N–H and O–H groups in total. The Labute approximate surface area is 294 Å². The first-order valence-corrected chi connectivity index (χ1v) is 16.4. The smallest absolute Gasteiger partial charge is 0.303 e. The molecule has 17 heteroatoms. The third-order valence-corrected chi connectivity index (χ3v) is 7.59. The number of carbonyl (C=O) groups excluding carboxylic acids is 7. The monoisotopic (exact) mass is 713 g/mol. The van der Waals surface area contributed by atoms with E-state index >= 15 is 0 Å². The Kier molecular flexibility index (Phi) is 17.0. The van der Waals surface area contributed by atoms with Crippen molar-refractivity contribution in [1.82, 2.24) is 31.9 Å². The first kappa shape index (κ1) is 41.6. The van der Waals surface area contributed by atoms with Crippen molar-refractivity contribution in [3.05, 3.63) is 48.0 Å². The molecule has 0 aliphatic carbocycles. The number of aliphatic hydroxyl groups is 1. The molecule has 7 amide bonds. The van der Waals surface area contributed by atoms with Crippen LogP contribution < -0.4 is 37.6 Å². The molecule has 0 aliphatic heterocycles. The molecule has 0 bridgehead atoms. The van der Waals surface area contributed by atoms with Gasteiger partial charge in [-0.3, -0.25) is 38.4 Å². The standard InChI is InChI=1S/C34H47N7O10/c1-19(2)30(34(51)37-18-28(45)36-13-6-14-42)41-31(48)20(3)38-32(49)25(17-26(35)43)40-33(50)24(39-27(44)11-12-29(46)47)16-21-9-10-22-7-4-5-8-23(22)15-21/h4-5,7-10,15,19-20,24-25,30,42H,6,11-14,16-18H2,1-3H3,(H2,35,43)(H,36,45)(H,37,51)(H,38,49)(H,39,44)(H,40,50)(H,41,48)(H,46,47). The summed E-state index contributed by atoms with van der Waals surface area (Å²) in [5.41, 5.74) is 5.99. The van der Waals surface area contributed by atoms with Crippen molar-refractivity contribution in [2.24, 2.45) is 11.7 Å². The lowest BCUT2D eigenvalue weighted by molar-refractivity contribution is -0.139. The van der Waals surface area contributed by atoms with Gasteiger partial charge in [0.15, 0.2) is 0 Å². The normalized spacial score (nSPS) is 13.2. The average molecular weight is 714 g/mol. The molecule has 0 fully saturated rings. The molecule has 17 nitrogen and oxygen atoms in total. The number of aliphatic hydroxyl groups excluding tert-OH is 1. The molecule has 0 aliphatic rings. The number of aliphatic carboxylic acids is 1. The highest BCUT2D eigenvalue weighted by Crippen LogP contribution is 2.17. The van der Waals surface area contributed by atoms with Gasteiger partial charge in [0.1, 0.15) is 24.2 Å². The average Bonchev–Trinajstić information content (AvgIpc) is 3.07. The number of primary amides is 1. The van der Waals surface area contributed by atoms with Crippen LogP contribution in [-0.2, 0) is 44.8 Å².